The lowest BCUT2D eigenvalue weighted by atomic mass is 9.95. The molecule has 32 heavy (non-hydrogen) atoms. The van der Waals surface area contributed by atoms with Crippen LogP contribution in [0.4, 0.5) is 4.79 Å². The zero-order valence-electron chi connectivity index (χ0n) is 17.2. The van der Waals surface area contributed by atoms with Gasteiger partial charge in [0.05, 0.1) is 0 Å². The van der Waals surface area contributed by atoms with E-state index in [9.17, 15) is 24.0 Å². The lowest BCUT2D eigenvalue weighted by molar-refractivity contribution is -0.177. The fraction of sp³-hybridized carbons (Fsp3) is 0.292. The monoisotopic (exact) mass is 435 g/mol. The van der Waals surface area contributed by atoms with Crippen molar-refractivity contribution in [1.82, 2.24) is 5.06 Å². The number of benzene rings is 2. The molecule has 0 aromatic heterocycles. The lowest BCUT2D eigenvalue weighted by Crippen LogP contribution is -2.32. The summed E-state index contributed by atoms with van der Waals surface area (Å²) in [6.45, 7) is -0.0881. The molecule has 1 unspecified atom stereocenters. The fourth-order valence-electron chi connectivity index (χ4n) is 4.22. The number of amides is 2. The topological polar surface area (TPSA) is 107 Å². The summed E-state index contributed by atoms with van der Waals surface area (Å²) in [5, 5.41) is 0.439. The minimum absolute atomic E-state index is 0.00313. The number of carbonyl (C=O) groups excluding carboxylic acids is 5. The van der Waals surface area contributed by atoms with Crippen LogP contribution in [0.5, 0.6) is 0 Å². The van der Waals surface area contributed by atoms with E-state index in [-0.39, 0.29) is 25.4 Å². The number of imide groups is 1. The molecular formula is C24H21NO7. The Bertz CT molecular complexity index is 1090. The van der Waals surface area contributed by atoms with Gasteiger partial charge in [-0.05, 0) is 40.7 Å². The maximum absolute atomic E-state index is 12.2. The third-order valence-electron chi connectivity index (χ3n) is 5.72. The normalized spacial score (nSPS) is 16.5. The molecule has 4 rings (SSSR count). The van der Waals surface area contributed by atoms with E-state index >= 15 is 0 Å². The van der Waals surface area contributed by atoms with Crippen molar-refractivity contribution in [2.45, 2.75) is 38.0 Å². The molecule has 1 atom stereocenters. The number of hydroxylamine groups is 2. The minimum atomic E-state index is -1.14. The number of aryl methyl sites for hydroxylation is 1. The summed E-state index contributed by atoms with van der Waals surface area (Å²) in [5.74, 6) is -1.51. The molecule has 2 aliphatic rings. The van der Waals surface area contributed by atoms with Gasteiger partial charge in [0.15, 0.2) is 6.29 Å². The second kappa shape index (κ2) is 9.13. The second-order valence-corrected chi connectivity index (χ2v) is 7.70. The zero-order chi connectivity index (χ0) is 22.7. The number of nitrogens with zero attached hydrogens (tertiary/aromatic N) is 1. The van der Waals surface area contributed by atoms with E-state index < -0.39 is 18.0 Å². The Morgan fingerprint density at radius 2 is 1.84 bits per heavy atom. The van der Waals surface area contributed by atoms with Crippen LogP contribution in [-0.2, 0) is 30.4 Å². The molecule has 8 heteroatoms. The maximum Gasteiger partial charge on any atom is 0.533 e. The molecule has 1 heterocycles. The highest BCUT2D eigenvalue weighted by Crippen LogP contribution is 2.46. The van der Waals surface area contributed by atoms with Crippen LogP contribution < -0.4 is 0 Å². The number of aldehydes is 2. The van der Waals surface area contributed by atoms with Crippen LogP contribution in [0.3, 0.4) is 0 Å². The second-order valence-electron chi connectivity index (χ2n) is 7.70. The third-order valence-corrected chi connectivity index (χ3v) is 5.72. The van der Waals surface area contributed by atoms with Crippen LogP contribution in [0.2, 0.25) is 0 Å². The Morgan fingerprint density at radius 3 is 2.56 bits per heavy atom. The molecule has 1 aliphatic carbocycles. The first-order chi connectivity index (χ1) is 15.5. The SMILES string of the molecule is O=CCCCc1ccc2c(c1)C(COC(=O)ON1C(=O)CCC1=O)c1cccc(C=O)c1-2. The molecule has 8 nitrogen and oxygen atoms in total. The van der Waals surface area contributed by atoms with Gasteiger partial charge in [-0.15, -0.1) is 0 Å². The Kier molecular flexibility index (Phi) is 6.11. The van der Waals surface area contributed by atoms with E-state index in [2.05, 4.69) is 0 Å². The molecule has 164 valence electrons. The van der Waals surface area contributed by atoms with Crippen LogP contribution in [0.15, 0.2) is 36.4 Å². The molecule has 1 aliphatic heterocycles. The largest absolute Gasteiger partial charge is 0.533 e. The number of hydrogen-bond donors (Lipinski definition) is 0. The molecule has 0 N–H and O–H groups in total. The van der Waals surface area contributed by atoms with Gasteiger partial charge in [-0.3, -0.25) is 19.2 Å². The van der Waals surface area contributed by atoms with Gasteiger partial charge < -0.3 is 9.53 Å². The number of fused-ring (bicyclic) bond motifs is 3. The summed E-state index contributed by atoms with van der Waals surface area (Å²) in [6.07, 6.45) is 2.45. The third kappa shape index (κ3) is 4.03. The van der Waals surface area contributed by atoms with Crippen LogP contribution in [0, 0.1) is 0 Å². The molecule has 2 aromatic rings. The summed E-state index contributed by atoms with van der Waals surface area (Å²) in [6, 6.07) is 11.3. The van der Waals surface area contributed by atoms with Gasteiger partial charge in [-0.2, -0.15) is 0 Å². The van der Waals surface area contributed by atoms with Gasteiger partial charge >= 0.3 is 6.16 Å². The van der Waals surface area contributed by atoms with Crippen molar-refractivity contribution in [3.05, 3.63) is 58.7 Å². The van der Waals surface area contributed by atoms with E-state index in [1.807, 2.05) is 24.3 Å². The van der Waals surface area contributed by atoms with Gasteiger partial charge in [-0.1, -0.05) is 41.5 Å². The summed E-state index contributed by atoms with van der Waals surface area (Å²) < 4.78 is 5.27. The molecule has 2 aromatic carbocycles. The van der Waals surface area contributed by atoms with E-state index in [0.29, 0.717) is 17.0 Å². The highest BCUT2D eigenvalue weighted by molar-refractivity contribution is 6.01. The van der Waals surface area contributed by atoms with Crippen molar-refractivity contribution in [1.29, 1.82) is 0 Å². The van der Waals surface area contributed by atoms with E-state index in [0.717, 1.165) is 53.2 Å². The van der Waals surface area contributed by atoms with Crippen LogP contribution in [0.25, 0.3) is 11.1 Å². The van der Waals surface area contributed by atoms with Crippen LogP contribution in [0.1, 0.15) is 58.6 Å². The molecule has 0 saturated carbocycles. The van der Waals surface area contributed by atoms with E-state index in [1.54, 1.807) is 12.1 Å². The Balaban J connectivity index is 1.57. The summed E-state index contributed by atoms with van der Waals surface area (Å²) in [7, 11) is 0. The van der Waals surface area contributed by atoms with E-state index in [4.69, 9.17) is 9.57 Å². The first-order valence-electron chi connectivity index (χ1n) is 10.4. The van der Waals surface area contributed by atoms with Crippen molar-refractivity contribution in [3.63, 3.8) is 0 Å². The number of carbonyl (C=O) groups is 5. The Labute approximate surface area is 184 Å². The van der Waals surface area contributed by atoms with Crippen LogP contribution in [-0.4, -0.2) is 42.2 Å². The highest BCUT2D eigenvalue weighted by Gasteiger charge is 2.35. The standard InChI is InChI=1S/C24H21NO7/c26-11-2-1-4-15-7-8-18-19(12-15)20(17-6-3-5-16(13-27)23(17)18)14-31-24(30)32-25-21(28)9-10-22(25)29/h3,5-8,11-13,20H,1-2,4,9-10,14H2. The van der Waals surface area contributed by atoms with Gasteiger partial charge in [0.25, 0.3) is 11.8 Å². The van der Waals surface area contributed by atoms with Crippen molar-refractivity contribution in [2.75, 3.05) is 6.61 Å². The van der Waals surface area contributed by atoms with E-state index in [1.165, 1.54) is 0 Å². The minimum Gasteiger partial charge on any atom is -0.432 e. The number of rotatable bonds is 8. The highest BCUT2D eigenvalue weighted by atomic mass is 16.8. The summed E-state index contributed by atoms with van der Waals surface area (Å²) in [5.41, 5.74) is 5.00. The van der Waals surface area contributed by atoms with Gasteiger partial charge in [0.1, 0.15) is 12.9 Å². The molecule has 0 bridgehead atoms. The van der Waals surface area contributed by atoms with Crippen molar-refractivity contribution in [2.24, 2.45) is 0 Å². The molecule has 1 fully saturated rings. The predicted molar refractivity (Wildman–Crippen MR) is 112 cm³/mol. The first kappa shape index (κ1) is 21.4. The molecule has 0 radical (unpaired) electrons. The van der Waals surface area contributed by atoms with Crippen LogP contribution >= 0.6 is 0 Å². The fourth-order valence-corrected chi connectivity index (χ4v) is 4.22. The molecule has 1 saturated heterocycles. The number of ether oxygens (including phenoxy) is 1. The average Bonchev–Trinajstić information content (AvgIpc) is 3.29. The Hall–Kier alpha value is -3.81. The molecule has 2 amide bonds. The number of unbranched alkanes of at least 4 members (excludes halogenated alkanes) is 1. The maximum atomic E-state index is 12.2. The Morgan fingerprint density at radius 1 is 1.06 bits per heavy atom. The molecular weight excluding hydrogens is 414 g/mol. The quantitative estimate of drug-likeness (QED) is 0.271. The first-order valence-corrected chi connectivity index (χ1v) is 10.4. The van der Waals surface area contributed by atoms with Crippen molar-refractivity contribution >= 4 is 30.5 Å². The average molecular weight is 435 g/mol. The van der Waals surface area contributed by atoms with Gasteiger partial charge in [-0.25, -0.2) is 4.79 Å². The van der Waals surface area contributed by atoms with Crippen molar-refractivity contribution in [3.8, 4) is 11.1 Å². The van der Waals surface area contributed by atoms with Gasteiger partial charge in [0, 0.05) is 30.7 Å². The smallest absolute Gasteiger partial charge is 0.432 e. The number of hydrogen-bond acceptors (Lipinski definition) is 7. The predicted octanol–water partition coefficient (Wildman–Crippen LogP) is 3.35. The lowest BCUT2D eigenvalue weighted by Gasteiger charge is -2.16. The summed E-state index contributed by atoms with van der Waals surface area (Å²) in [4.78, 5) is 62.5. The van der Waals surface area contributed by atoms with Crippen molar-refractivity contribution < 1.29 is 33.5 Å². The summed E-state index contributed by atoms with van der Waals surface area (Å²) >= 11 is 0. The zero-order valence-corrected chi connectivity index (χ0v) is 17.2. The van der Waals surface area contributed by atoms with Gasteiger partial charge in [0.2, 0.25) is 0 Å². The molecule has 0 spiro atoms.